The Hall–Kier alpha value is -2.43. The Morgan fingerprint density at radius 3 is 2.28 bits per heavy atom. The van der Waals surface area contributed by atoms with Crippen LogP contribution in [-0.2, 0) is 6.42 Å². The lowest BCUT2D eigenvalue weighted by atomic mass is 9.81. The highest BCUT2D eigenvalue weighted by Gasteiger charge is 2.28. The number of fused-ring (bicyclic) bond motifs is 1. The Morgan fingerprint density at radius 1 is 0.966 bits per heavy atom. The van der Waals surface area contributed by atoms with Gasteiger partial charge in [0.05, 0.1) is 10.9 Å². The molecule has 0 atom stereocenters. The van der Waals surface area contributed by atoms with Crippen molar-refractivity contribution in [3.63, 3.8) is 0 Å². The minimum atomic E-state index is -1.58. The van der Waals surface area contributed by atoms with Crippen LogP contribution in [0.4, 0.5) is 22.0 Å². The van der Waals surface area contributed by atoms with Crippen LogP contribution in [0.15, 0.2) is 49.3 Å². The van der Waals surface area contributed by atoms with Crippen LogP contribution < -0.4 is 0 Å². The topological polar surface area (TPSA) is 0 Å². The monoisotopic (exact) mass is 406 g/mol. The zero-order chi connectivity index (χ0) is 21.1. The van der Waals surface area contributed by atoms with Gasteiger partial charge in [0.15, 0.2) is 17.5 Å². The smallest absolute Gasteiger partial charge is 0.170 e. The average molecular weight is 406 g/mol. The molecule has 0 aliphatic heterocycles. The summed E-state index contributed by atoms with van der Waals surface area (Å²) in [6.45, 7) is 7.26. The number of benzene rings is 2. The van der Waals surface area contributed by atoms with E-state index in [1.54, 1.807) is 12.2 Å². The summed E-state index contributed by atoms with van der Waals surface area (Å²) in [4.78, 5) is 0. The summed E-state index contributed by atoms with van der Waals surface area (Å²) in [5.74, 6) is -6.88. The molecule has 0 spiro atoms. The van der Waals surface area contributed by atoms with Crippen molar-refractivity contribution >= 4 is 16.6 Å². The highest BCUT2D eigenvalue weighted by molar-refractivity contribution is 5.88. The van der Waals surface area contributed by atoms with Crippen LogP contribution in [0, 0.1) is 29.3 Å². The molecule has 2 aromatic carbocycles. The predicted octanol–water partition coefficient (Wildman–Crippen LogP) is 7.98. The molecule has 0 N–H and O–H groups in total. The minimum absolute atomic E-state index is 0.0166. The number of halogens is 5. The van der Waals surface area contributed by atoms with Gasteiger partial charge in [-0.15, -0.1) is 13.2 Å². The van der Waals surface area contributed by atoms with E-state index >= 15 is 0 Å². The molecule has 0 nitrogen and oxygen atoms in total. The predicted molar refractivity (Wildman–Crippen MR) is 107 cm³/mol. The van der Waals surface area contributed by atoms with E-state index in [9.17, 15) is 22.0 Å². The first-order chi connectivity index (χ1) is 13.9. The van der Waals surface area contributed by atoms with E-state index in [0.29, 0.717) is 32.1 Å². The largest absolute Gasteiger partial charge is 0.208 e. The molecule has 0 heterocycles. The second-order valence-corrected chi connectivity index (χ2v) is 7.53. The molecule has 0 bridgehead atoms. The molecule has 1 aliphatic rings. The number of allylic oxidation sites excluding steroid dienone is 3. The van der Waals surface area contributed by atoms with Crippen molar-refractivity contribution in [3.8, 4) is 0 Å². The van der Waals surface area contributed by atoms with Crippen molar-refractivity contribution in [1.29, 1.82) is 0 Å². The van der Waals surface area contributed by atoms with Gasteiger partial charge in [-0.3, -0.25) is 0 Å². The van der Waals surface area contributed by atoms with Crippen LogP contribution in [-0.4, -0.2) is 0 Å². The Balaban J connectivity index is 2.02. The quantitative estimate of drug-likeness (QED) is 0.337. The Kier molecular flexibility index (Phi) is 6.56. The van der Waals surface area contributed by atoms with Crippen LogP contribution in [0.3, 0.4) is 0 Å². The normalized spacial score (nSPS) is 20.4. The summed E-state index contributed by atoms with van der Waals surface area (Å²) in [6, 6.07) is 3.80. The van der Waals surface area contributed by atoms with Gasteiger partial charge in [0.2, 0.25) is 0 Å². The number of hydrogen-bond acceptors (Lipinski definition) is 0. The molecule has 0 unspecified atom stereocenters. The lowest BCUT2D eigenvalue weighted by Crippen LogP contribution is -2.14. The van der Waals surface area contributed by atoms with Gasteiger partial charge in [-0.1, -0.05) is 24.3 Å². The molecule has 0 aromatic heterocycles. The molecule has 0 radical (unpaired) electrons. The Bertz CT molecular complexity index is 965. The van der Waals surface area contributed by atoms with Crippen molar-refractivity contribution < 1.29 is 22.0 Å². The first-order valence-corrected chi connectivity index (χ1v) is 9.77. The van der Waals surface area contributed by atoms with Crippen LogP contribution >= 0.6 is 0 Å². The minimum Gasteiger partial charge on any atom is -0.208 e. The summed E-state index contributed by atoms with van der Waals surface area (Å²) in [6.07, 6.45) is 6.30. The van der Waals surface area contributed by atoms with Crippen molar-refractivity contribution in [1.82, 2.24) is 0 Å². The highest BCUT2D eigenvalue weighted by atomic mass is 19.2. The first kappa shape index (κ1) is 21.3. The van der Waals surface area contributed by atoms with Gasteiger partial charge in [-0.05, 0) is 61.5 Å². The Morgan fingerprint density at radius 2 is 1.66 bits per heavy atom. The molecule has 3 rings (SSSR count). The molecule has 0 amide bonds. The lowest BCUT2D eigenvalue weighted by Gasteiger charge is -2.25. The molecule has 154 valence electrons. The van der Waals surface area contributed by atoms with Crippen LogP contribution in [0.25, 0.3) is 16.6 Å². The van der Waals surface area contributed by atoms with Crippen molar-refractivity contribution in [3.05, 3.63) is 77.9 Å². The van der Waals surface area contributed by atoms with Crippen molar-refractivity contribution in [2.45, 2.75) is 38.5 Å². The summed E-state index contributed by atoms with van der Waals surface area (Å²) < 4.78 is 73.3. The fraction of sp³-hybridized carbons (Fsp3) is 0.333. The van der Waals surface area contributed by atoms with Crippen LogP contribution in [0.2, 0.25) is 0 Å². The molecule has 1 saturated carbocycles. The second kappa shape index (κ2) is 8.93. The van der Waals surface area contributed by atoms with E-state index in [-0.39, 0.29) is 23.3 Å². The standard InChI is InChI=1S/C24H23F5/c1-3-5-6-15-11-12-17-13-18(23(28)24(29)19(17)20(15)25)22(27)21(26)16-9-7-14(4-2)8-10-16/h3-4,11-14,16H,1-2,5-10H2. The maximum atomic E-state index is 14.8. The molecular weight excluding hydrogens is 383 g/mol. The molecule has 0 saturated heterocycles. The summed E-state index contributed by atoms with van der Waals surface area (Å²) in [5, 5.41) is -0.565. The number of rotatable bonds is 6. The summed E-state index contributed by atoms with van der Waals surface area (Å²) in [7, 11) is 0. The van der Waals surface area contributed by atoms with Crippen LogP contribution in [0.5, 0.6) is 0 Å². The average Bonchev–Trinajstić information content (AvgIpc) is 2.74. The van der Waals surface area contributed by atoms with E-state index in [0.717, 1.165) is 6.07 Å². The molecular formula is C24H23F5. The fourth-order valence-electron chi connectivity index (χ4n) is 3.95. The molecule has 1 aliphatic carbocycles. The van der Waals surface area contributed by atoms with E-state index < -0.39 is 46.0 Å². The summed E-state index contributed by atoms with van der Waals surface area (Å²) in [5.41, 5.74) is -0.596. The first-order valence-electron chi connectivity index (χ1n) is 9.77. The van der Waals surface area contributed by atoms with Gasteiger partial charge >= 0.3 is 0 Å². The highest BCUT2D eigenvalue weighted by Crippen LogP contribution is 2.40. The van der Waals surface area contributed by atoms with E-state index in [4.69, 9.17) is 0 Å². The van der Waals surface area contributed by atoms with Crippen molar-refractivity contribution in [2.24, 2.45) is 11.8 Å². The third kappa shape index (κ3) is 4.14. The number of hydrogen-bond donors (Lipinski definition) is 0. The zero-order valence-corrected chi connectivity index (χ0v) is 16.1. The molecule has 2 aromatic rings. The van der Waals surface area contributed by atoms with Gasteiger partial charge in [0.25, 0.3) is 0 Å². The van der Waals surface area contributed by atoms with Crippen molar-refractivity contribution in [2.75, 3.05) is 0 Å². The maximum Gasteiger partial charge on any atom is 0.170 e. The maximum absolute atomic E-state index is 14.8. The Labute approximate surface area is 167 Å². The van der Waals surface area contributed by atoms with E-state index in [1.807, 2.05) is 0 Å². The fourth-order valence-corrected chi connectivity index (χ4v) is 3.95. The van der Waals surface area contributed by atoms with Gasteiger partial charge in [-0.2, -0.15) is 0 Å². The van der Waals surface area contributed by atoms with Crippen LogP contribution in [0.1, 0.15) is 43.2 Å². The third-order valence-corrected chi connectivity index (χ3v) is 5.73. The van der Waals surface area contributed by atoms with Gasteiger partial charge in [0, 0.05) is 5.92 Å². The molecule has 5 heteroatoms. The van der Waals surface area contributed by atoms with Gasteiger partial charge in [0.1, 0.15) is 11.6 Å². The number of aryl methyl sites for hydroxylation is 1. The third-order valence-electron chi connectivity index (χ3n) is 5.73. The molecule has 29 heavy (non-hydrogen) atoms. The van der Waals surface area contributed by atoms with Gasteiger partial charge in [-0.25, -0.2) is 22.0 Å². The van der Waals surface area contributed by atoms with E-state index in [1.165, 1.54) is 12.1 Å². The summed E-state index contributed by atoms with van der Waals surface area (Å²) >= 11 is 0. The van der Waals surface area contributed by atoms with Gasteiger partial charge < -0.3 is 0 Å². The lowest BCUT2D eigenvalue weighted by molar-refractivity contribution is 0.304. The van der Waals surface area contributed by atoms with E-state index in [2.05, 4.69) is 13.2 Å². The zero-order valence-electron chi connectivity index (χ0n) is 16.1. The SMILES string of the molecule is C=CCCc1ccc2cc(C(F)=C(F)C3CCC(C=C)CC3)c(F)c(F)c2c1F. The molecule has 1 fully saturated rings. The second-order valence-electron chi connectivity index (χ2n) is 7.53.